The lowest BCUT2D eigenvalue weighted by Crippen LogP contribution is -2.33. The second-order valence-electron chi connectivity index (χ2n) is 4.99. The third-order valence-electron chi connectivity index (χ3n) is 1.90. The molecule has 0 aliphatic heterocycles. The molecule has 0 fully saturated rings. The highest BCUT2D eigenvalue weighted by molar-refractivity contribution is 7.44. The normalized spacial score (nSPS) is 11.4. The van der Waals surface area contributed by atoms with E-state index in [-0.39, 0.29) is 6.61 Å². The van der Waals surface area contributed by atoms with Gasteiger partial charge in [-0.1, -0.05) is 20.3 Å². The van der Waals surface area contributed by atoms with Crippen LogP contribution in [-0.2, 0) is 9.05 Å². The first-order valence-electron chi connectivity index (χ1n) is 8.19. The van der Waals surface area contributed by atoms with Crippen LogP contribution in [0.4, 0.5) is 0 Å². The van der Waals surface area contributed by atoms with Crippen molar-refractivity contribution in [2.75, 3.05) is 19.8 Å². The van der Waals surface area contributed by atoms with Gasteiger partial charge in [-0.3, -0.25) is 0 Å². The van der Waals surface area contributed by atoms with Gasteiger partial charge in [0.05, 0.1) is 25.7 Å². The largest absolute Gasteiger partial charge is 0.397 e. The maximum Gasteiger partial charge on any atom is 0.259 e. The molecule has 0 amide bonds. The summed E-state index contributed by atoms with van der Waals surface area (Å²) in [6.45, 7) is 17.7. The average molecular weight is 336 g/mol. The number of hydrogen-bond acceptors (Lipinski definition) is 5. The van der Waals surface area contributed by atoms with E-state index in [0.29, 0.717) is 31.7 Å². The van der Waals surface area contributed by atoms with Gasteiger partial charge in [0.25, 0.3) is 8.53 Å². The molecule has 0 radical (unpaired) electrons. The Labute approximate surface area is 139 Å². The van der Waals surface area contributed by atoms with Crippen LogP contribution in [0.5, 0.6) is 0 Å². The van der Waals surface area contributed by atoms with E-state index in [9.17, 15) is 0 Å². The van der Waals surface area contributed by atoms with Gasteiger partial charge in [0.2, 0.25) is 0 Å². The Hall–Kier alpha value is -0.240. The molecule has 0 aliphatic rings. The molecule has 0 aromatic rings. The fourth-order valence-corrected chi connectivity index (χ4v) is 2.99. The van der Waals surface area contributed by atoms with Crippen LogP contribution in [0, 0.1) is 11.3 Å². The molecule has 0 spiro atoms. The van der Waals surface area contributed by atoms with Crippen LogP contribution in [0.25, 0.3) is 0 Å². The molecule has 1 N–H and O–H groups in total. The summed E-state index contributed by atoms with van der Waals surface area (Å²) < 4.78 is 13.5. The van der Waals surface area contributed by atoms with Gasteiger partial charge in [0.15, 0.2) is 0 Å². The highest BCUT2D eigenvalue weighted by Gasteiger charge is 2.26. The summed E-state index contributed by atoms with van der Waals surface area (Å²) >= 11 is 0. The average Bonchev–Trinajstić information content (AvgIpc) is 2.40. The highest BCUT2D eigenvalue weighted by Crippen LogP contribution is 2.45. The van der Waals surface area contributed by atoms with Crippen LogP contribution < -0.4 is 0 Å². The minimum Gasteiger partial charge on any atom is -0.397 e. The quantitative estimate of drug-likeness (QED) is 0.513. The van der Waals surface area contributed by atoms with Crippen molar-refractivity contribution < 1.29 is 14.2 Å². The van der Waals surface area contributed by atoms with Gasteiger partial charge in [-0.15, -0.1) is 0 Å². The van der Waals surface area contributed by atoms with E-state index in [2.05, 4.69) is 52.3 Å². The zero-order chi connectivity index (χ0) is 18.0. The van der Waals surface area contributed by atoms with Crippen molar-refractivity contribution in [3.05, 3.63) is 0 Å². The van der Waals surface area contributed by atoms with Crippen LogP contribution in [-0.4, -0.2) is 41.7 Å². The summed E-state index contributed by atoms with van der Waals surface area (Å²) in [6, 6.07) is 2.82. The molecule has 0 saturated carbocycles. The number of aliphatic hydroxyl groups excluding tert-OH is 1. The maximum atomic E-state index is 8.49. The fraction of sp³-hybridized carbons (Fsp3) is 0.938. The van der Waals surface area contributed by atoms with E-state index in [1.807, 2.05) is 6.92 Å². The number of nitrogens with zero attached hydrogens (tertiary/aromatic N) is 2. The van der Waals surface area contributed by atoms with Crippen molar-refractivity contribution in [3.63, 3.8) is 0 Å². The zero-order valence-corrected chi connectivity index (χ0v) is 16.7. The standard InChI is InChI=1S/C11H23N2O2P.C3H8.C2H6O/c1-6-14-16(15-9-7-8-12)13(10(2)3)11(4)5;1-3-2;1-2-3/h10-11H,6-7,9H2,1-5H3;3H2,1-2H3;3H,2H2,1H3. The van der Waals surface area contributed by atoms with Gasteiger partial charge in [-0.2, -0.15) is 5.26 Å². The Bertz CT molecular complexity index is 236. The summed E-state index contributed by atoms with van der Waals surface area (Å²) in [5.74, 6) is 0. The highest BCUT2D eigenvalue weighted by atomic mass is 31.2. The van der Waals surface area contributed by atoms with E-state index >= 15 is 0 Å². The predicted molar refractivity (Wildman–Crippen MR) is 95.6 cm³/mol. The molecule has 0 aromatic carbocycles. The van der Waals surface area contributed by atoms with Crippen LogP contribution >= 0.6 is 8.53 Å². The Kier molecular flexibility index (Phi) is 25.1. The monoisotopic (exact) mass is 336 g/mol. The van der Waals surface area contributed by atoms with Crippen molar-refractivity contribution in [2.45, 2.75) is 80.3 Å². The second kappa shape index (κ2) is 20.8. The molecule has 0 aliphatic carbocycles. The molecule has 0 saturated heterocycles. The smallest absolute Gasteiger partial charge is 0.259 e. The lowest BCUT2D eigenvalue weighted by atomic mass is 10.3. The zero-order valence-electron chi connectivity index (χ0n) is 15.8. The molecule has 0 heterocycles. The summed E-state index contributed by atoms with van der Waals surface area (Å²) in [4.78, 5) is 0. The SMILES string of the molecule is CCC.CCO.CCOP(OCCC#N)N(C(C)C)C(C)C. The van der Waals surface area contributed by atoms with Gasteiger partial charge in [-0.25, -0.2) is 4.67 Å². The topological polar surface area (TPSA) is 65.7 Å². The van der Waals surface area contributed by atoms with Crippen LogP contribution in [0.3, 0.4) is 0 Å². The molecule has 1 atom stereocenters. The molecule has 0 rings (SSSR count). The Balaban J connectivity index is -0.000000515. The third kappa shape index (κ3) is 17.8. The van der Waals surface area contributed by atoms with Gasteiger partial charge in [-0.05, 0) is 41.5 Å². The van der Waals surface area contributed by atoms with E-state index in [4.69, 9.17) is 19.4 Å². The lowest BCUT2D eigenvalue weighted by Gasteiger charge is -2.35. The van der Waals surface area contributed by atoms with Gasteiger partial charge >= 0.3 is 0 Å². The number of hydrogen-bond donors (Lipinski definition) is 1. The van der Waals surface area contributed by atoms with E-state index in [0.717, 1.165) is 0 Å². The molecular formula is C16H37N2O3P. The van der Waals surface area contributed by atoms with Crippen LogP contribution in [0.2, 0.25) is 0 Å². The summed E-state index contributed by atoms with van der Waals surface area (Å²) in [7, 11) is -1.03. The van der Waals surface area contributed by atoms with Crippen molar-refractivity contribution in [1.82, 2.24) is 4.67 Å². The summed E-state index contributed by atoms with van der Waals surface area (Å²) in [6.07, 6.45) is 1.66. The first-order valence-corrected chi connectivity index (χ1v) is 9.32. The number of rotatable bonds is 8. The minimum absolute atomic E-state index is 0.250. The molecule has 1 unspecified atom stereocenters. The third-order valence-corrected chi connectivity index (χ3v) is 4.09. The lowest BCUT2D eigenvalue weighted by molar-refractivity contribution is 0.182. The fourth-order valence-electron chi connectivity index (χ4n) is 1.42. The molecule has 134 valence electrons. The number of nitriles is 1. The predicted octanol–water partition coefficient (Wildman–Crippen LogP) is 4.71. The van der Waals surface area contributed by atoms with E-state index in [1.54, 1.807) is 6.92 Å². The van der Waals surface area contributed by atoms with Crippen LogP contribution in [0.1, 0.15) is 68.2 Å². The maximum absolute atomic E-state index is 8.49. The molecule has 22 heavy (non-hydrogen) atoms. The van der Waals surface area contributed by atoms with E-state index in [1.165, 1.54) is 6.42 Å². The van der Waals surface area contributed by atoms with E-state index < -0.39 is 8.53 Å². The van der Waals surface area contributed by atoms with Crippen LogP contribution in [0.15, 0.2) is 0 Å². The Morgan fingerprint density at radius 3 is 1.73 bits per heavy atom. The van der Waals surface area contributed by atoms with Gasteiger partial charge in [0.1, 0.15) is 0 Å². The van der Waals surface area contributed by atoms with Gasteiger partial charge in [0, 0.05) is 18.7 Å². The molecular weight excluding hydrogens is 299 g/mol. The Morgan fingerprint density at radius 1 is 1.05 bits per heavy atom. The first-order chi connectivity index (χ1) is 10.4. The molecule has 6 heteroatoms. The number of aliphatic hydroxyl groups is 1. The first kappa shape index (κ1) is 26.6. The van der Waals surface area contributed by atoms with Crippen molar-refractivity contribution >= 4 is 8.53 Å². The van der Waals surface area contributed by atoms with Crippen molar-refractivity contribution in [2.24, 2.45) is 0 Å². The van der Waals surface area contributed by atoms with Gasteiger partial charge < -0.3 is 14.2 Å². The molecule has 5 nitrogen and oxygen atoms in total. The molecule has 0 aromatic heterocycles. The Morgan fingerprint density at radius 2 is 1.45 bits per heavy atom. The molecule has 0 bridgehead atoms. The van der Waals surface area contributed by atoms with Crippen molar-refractivity contribution in [1.29, 1.82) is 5.26 Å². The second-order valence-corrected chi connectivity index (χ2v) is 6.44. The van der Waals surface area contributed by atoms with Crippen molar-refractivity contribution in [3.8, 4) is 6.07 Å². The summed E-state index contributed by atoms with van der Waals surface area (Å²) in [5, 5.41) is 16.1. The minimum atomic E-state index is -1.03. The summed E-state index contributed by atoms with van der Waals surface area (Å²) in [5.41, 5.74) is 0.